The summed E-state index contributed by atoms with van der Waals surface area (Å²) in [6.45, 7) is 3.07. The molecule has 0 saturated carbocycles. The fourth-order valence-corrected chi connectivity index (χ4v) is 4.45. The van der Waals surface area contributed by atoms with E-state index in [9.17, 15) is 4.79 Å². The first kappa shape index (κ1) is 21.5. The average Bonchev–Trinajstić information content (AvgIpc) is 3.21. The molecule has 2 aliphatic rings. The molecule has 0 spiro atoms. The number of piperidine rings is 1. The van der Waals surface area contributed by atoms with Gasteiger partial charge in [-0.05, 0) is 68.1 Å². The number of halogens is 1. The van der Waals surface area contributed by atoms with Crippen molar-refractivity contribution < 1.29 is 14.3 Å². The highest BCUT2D eigenvalue weighted by atomic mass is 35.5. The molecule has 1 amide bonds. The van der Waals surface area contributed by atoms with Crippen LogP contribution in [-0.2, 0) is 23.2 Å². The summed E-state index contributed by atoms with van der Waals surface area (Å²) in [6, 6.07) is 6.00. The highest BCUT2D eigenvalue weighted by Crippen LogP contribution is 2.34. The number of aromatic nitrogens is 2. The predicted octanol–water partition coefficient (Wildman–Crippen LogP) is 2.03. The Hall–Kier alpha value is -2.25. The number of rotatable bonds is 4. The van der Waals surface area contributed by atoms with Gasteiger partial charge in [-0.15, -0.1) is 12.4 Å². The zero-order valence-corrected chi connectivity index (χ0v) is 17.8. The lowest BCUT2D eigenvalue weighted by Crippen LogP contribution is -2.56. The van der Waals surface area contributed by atoms with E-state index in [2.05, 4.69) is 22.5 Å². The Labute approximate surface area is 177 Å². The Bertz CT molecular complexity index is 800. The quantitative estimate of drug-likeness (QED) is 0.819. The standard InChI is InChI=1S/C21H28N4O3.ClH/c1-27-18-14-16-4-12-24(13-5-17(16)15-19(18)28-2)20(26)21(6-9-22-10-7-21)25-11-3-8-23-25;/h3,8,11,14-15,22H,4-7,9-10,12-13H2,1-2H3;1H. The van der Waals surface area contributed by atoms with E-state index in [0.29, 0.717) is 13.1 Å². The Morgan fingerprint density at radius 1 is 1.07 bits per heavy atom. The number of carbonyl (C=O) groups is 1. The number of hydrogen-bond acceptors (Lipinski definition) is 5. The van der Waals surface area contributed by atoms with Gasteiger partial charge in [0, 0.05) is 25.5 Å². The van der Waals surface area contributed by atoms with Crippen molar-refractivity contribution in [3.8, 4) is 11.5 Å². The number of hydrogen-bond donors (Lipinski definition) is 1. The molecule has 158 valence electrons. The molecule has 8 heteroatoms. The molecule has 0 bridgehead atoms. The molecule has 0 radical (unpaired) electrons. The number of carbonyl (C=O) groups excluding carboxylic acids is 1. The fourth-order valence-electron chi connectivity index (χ4n) is 4.45. The van der Waals surface area contributed by atoms with Gasteiger partial charge in [-0.1, -0.05) is 0 Å². The molecular weight excluding hydrogens is 392 g/mol. The molecule has 7 nitrogen and oxygen atoms in total. The Morgan fingerprint density at radius 3 is 2.14 bits per heavy atom. The Morgan fingerprint density at radius 2 is 1.66 bits per heavy atom. The Balaban J connectivity index is 0.00000240. The third-order valence-corrected chi connectivity index (χ3v) is 6.07. The van der Waals surface area contributed by atoms with Gasteiger partial charge in [-0.3, -0.25) is 9.48 Å². The molecule has 1 N–H and O–H groups in total. The third-order valence-electron chi connectivity index (χ3n) is 6.07. The lowest BCUT2D eigenvalue weighted by molar-refractivity contribution is -0.143. The second kappa shape index (κ2) is 9.05. The van der Waals surface area contributed by atoms with Crippen molar-refractivity contribution in [2.75, 3.05) is 40.4 Å². The van der Waals surface area contributed by atoms with Crippen molar-refractivity contribution in [2.24, 2.45) is 0 Å². The van der Waals surface area contributed by atoms with Gasteiger partial charge in [0.25, 0.3) is 5.91 Å². The summed E-state index contributed by atoms with van der Waals surface area (Å²) in [4.78, 5) is 15.7. The number of fused-ring (bicyclic) bond motifs is 1. The first-order chi connectivity index (χ1) is 13.7. The third kappa shape index (κ3) is 3.94. The van der Waals surface area contributed by atoms with Crippen molar-refractivity contribution in [1.29, 1.82) is 0 Å². The minimum atomic E-state index is -0.583. The number of nitrogens with zero attached hydrogens (tertiary/aromatic N) is 3. The van der Waals surface area contributed by atoms with Gasteiger partial charge in [0.05, 0.1) is 14.2 Å². The SMILES string of the molecule is COc1cc2c(cc1OC)CCN(C(=O)C1(n3cccn3)CCNCC1)CC2.Cl. The van der Waals surface area contributed by atoms with E-state index in [1.807, 2.05) is 21.8 Å². The fraction of sp³-hybridized carbons (Fsp3) is 0.524. The summed E-state index contributed by atoms with van der Waals surface area (Å²) in [7, 11) is 3.31. The largest absolute Gasteiger partial charge is 0.493 e. The zero-order valence-electron chi connectivity index (χ0n) is 17.0. The Kier molecular flexibility index (Phi) is 6.70. The number of amides is 1. The van der Waals surface area contributed by atoms with Gasteiger partial charge in [0.15, 0.2) is 11.5 Å². The molecule has 1 fully saturated rings. The first-order valence-electron chi connectivity index (χ1n) is 9.92. The molecule has 2 aromatic rings. The van der Waals surface area contributed by atoms with Crippen LogP contribution in [0.4, 0.5) is 0 Å². The van der Waals surface area contributed by atoms with Gasteiger partial charge >= 0.3 is 0 Å². The van der Waals surface area contributed by atoms with Crippen molar-refractivity contribution >= 4 is 18.3 Å². The van der Waals surface area contributed by atoms with E-state index in [4.69, 9.17) is 9.47 Å². The van der Waals surface area contributed by atoms with Crippen LogP contribution in [0.1, 0.15) is 24.0 Å². The first-order valence-corrected chi connectivity index (χ1v) is 9.92. The van der Waals surface area contributed by atoms with Gasteiger partial charge in [0.1, 0.15) is 5.54 Å². The maximum absolute atomic E-state index is 13.7. The van der Waals surface area contributed by atoms with E-state index in [0.717, 1.165) is 50.3 Å². The summed E-state index contributed by atoms with van der Waals surface area (Å²) >= 11 is 0. The van der Waals surface area contributed by atoms with Gasteiger partial charge in [-0.25, -0.2) is 0 Å². The van der Waals surface area contributed by atoms with Crippen molar-refractivity contribution in [2.45, 2.75) is 31.2 Å². The molecule has 0 aliphatic carbocycles. The van der Waals surface area contributed by atoms with Gasteiger partial charge < -0.3 is 19.7 Å². The topological polar surface area (TPSA) is 68.6 Å². The summed E-state index contributed by atoms with van der Waals surface area (Å²) in [6.07, 6.45) is 6.83. The molecule has 3 heterocycles. The number of benzene rings is 1. The van der Waals surface area contributed by atoms with Crippen LogP contribution in [0.25, 0.3) is 0 Å². The minimum absolute atomic E-state index is 0. The van der Waals surface area contributed by atoms with E-state index in [-0.39, 0.29) is 18.3 Å². The van der Waals surface area contributed by atoms with Crippen LogP contribution >= 0.6 is 12.4 Å². The van der Waals surface area contributed by atoms with Crippen LogP contribution in [0, 0.1) is 0 Å². The zero-order chi connectivity index (χ0) is 19.6. The number of methoxy groups -OCH3 is 2. The molecule has 1 aromatic carbocycles. The summed E-state index contributed by atoms with van der Waals surface area (Å²) in [5.74, 6) is 1.67. The molecule has 1 saturated heterocycles. The lowest BCUT2D eigenvalue weighted by Gasteiger charge is -2.40. The number of nitrogens with one attached hydrogen (secondary N) is 1. The highest BCUT2D eigenvalue weighted by molar-refractivity contribution is 5.85. The molecule has 29 heavy (non-hydrogen) atoms. The van der Waals surface area contributed by atoms with E-state index in [1.165, 1.54) is 11.1 Å². The second-order valence-electron chi connectivity index (χ2n) is 7.50. The van der Waals surface area contributed by atoms with E-state index in [1.54, 1.807) is 20.4 Å². The highest BCUT2D eigenvalue weighted by Gasteiger charge is 2.44. The van der Waals surface area contributed by atoms with Crippen molar-refractivity contribution in [1.82, 2.24) is 20.0 Å². The molecule has 0 atom stereocenters. The second-order valence-corrected chi connectivity index (χ2v) is 7.50. The normalized spacial score (nSPS) is 18.2. The minimum Gasteiger partial charge on any atom is -0.493 e. The van der Waals surface area contributed by atoms with Crippen molar-refractivity contribution in [3.05, 3.63) is 41.7 Å². The van der Waals surface area contributed by atoms with Crippen LogP contribution in [0.5, 0.6) is 11.5 Å². The van der Waals surface area contributed by atoms with E-state index < -0.39 is 5.54 Å². The van der Waals surface area contributed by atoms with Crippen LogP contribution in [0.2, 0.25) is 0 Å². The smallest absolute Gasteiger partial charge is 0.250 e. The average molecular weight is 421 g/mol. The molecule has 0 unspecified atom stereocenters. The van der Waals surface area contributed by atoms with Crippen LogP contribution in [0.3, 0.4) is 0 Å². The van der Waals surface area contributed by atoms with E-state index >= 15 is 0 Å². The summed E-state index contributed by atoms with van der Waals surface area (Å²) in [5, 5.41) is 7.82. The molecule has 2 aliphatic heterocycles. The van der Waals surface area contributed by atoms with Crippen LogP contribution in [0.15, 0.2) is 30.6 Å². The number of ether oxygens (including phenoxy) is 2. The monoisotopic (exact) mass is 420 g/mol. The summed E-state index contributed by atoms with van der Waals surface area (Å²) < 4.78 is 12.8. The maximum atomic E-state index is 13.7. The maximum Gasteiger partial charge on any atom is 0.250 e. The predicted molar refractivity (Wildman–Crippen MR) is 113 cm³/mol. The molecule has 4 rings (SSSR count). The van der Waals surface area contributed by atoms with Crippen LogP contribution in [-0.4, -0.2) is 61.0 Å². The van der Waals surface area contributed by atoms with Crippen molar-refractivity contribution in [3.63, 3.8) is 0 Å². The lowest BCUT2D eigenvalue weighted by atomic mass is 9.86. The molecular formula is C21H29ClN4O3. The molecule has 1 aromatic heterocycles. The van der Waals surface area contributed by atoms with Crippen LogP contribution < -0.4 is 14.8 Å². The summed E-state index contributed by atoms with van der Waals surface area (Å²) in [5.41, 5.74) is 1.87. The van der Waals surface area contributed by atoms with Gasteiger partial charge in [0.2, 0.25) is 0 Å². The van der Waals surface area contributed by atoms with Gasteiger partial charge in [-0.2, -0.15) is 5.10 Å².